The van der Waals surface area contributed by atoms with E-state index in [9.17, 15) is 0 Å². The summed E-state index contributed by atoms with van der Waals surface area (Å²) < 4.78 is 1.28. The highest BCUT2D eigenvalue weighted by Crippen LogP contribution is 2.35. The first kappa shape index (κ1) is 9.01. The second-order valence-electron chi connectivity index (χ2n) is 4.35. The van der Waals surface area contributed by atoms with Crippen LogP contribution in [0.5, 0.6) is 0 Å². The number of quaternary nitrogens is 1. The largest absolute Gasteiger partial charge is 0.311 e. The molecule has 2 nitrogen and oxygen atoms in total. The molecule has 1 aliphatic heterocycles. The average molecular weight is 157 g/mol. The van der Waals surface area contributed by atoms with E-state index in [1.54, 1.807) is 0 Å². The van der Waals surface area contributed by atoms with E-state index in [-0.39, 0.29) is 0 Å². The highest BCUT2D eigenvalue weighted by atomic mass is 15.5. The lowest BCUT2D eigenvalue weighted by Gasteiger charge is -2.17. The Hall–Kier alpha value is -0.0800. The van der Waals surface area contributed by atoms with Crippen molar-refractivity contribution in [3.05, 3.63) is 0 Å². The van der Waals surface area contributed by atoms with Crippen molar-refractivity contribution >= 4 is 0 Å². The third kappa shape index (κ3) is 1.57. The van der Waals surface area contributed by atoms with Gasteiger partial charge in [-0.3, -0.25) is 0 Å². The van der Waals surface area contributed by atoms with Gasteiger partial charge in [-0.15, -0.1) is 0 Å². The normalized spacial score (nSPS) is 43.1. The molecule has 0 saturated carbocycles. The molecular formula is C9H21N2+. The summed E-state index contributed by atoms with van der Waals surface area (Å²) in [5.74, 6) is 0. The van der Waals surface area contributed by atoms with Crippen LogP contribution in [0.25, 0.3) is 0 Å². The van der Waals surface area contributed by atoms with E-state index in [1.807, 2.05) is 0 Å². The van der Waals surface area contributed by atoms with Gasteiger partial charge in [0.15, 0.2) is 0 Å². The fraction of sp³-hybridized carbons (Fsp3) is 1.00. The summed E-state index contributed by atoms with van der Waals surface area (Å²) in [6, 6.07) is 1.77. The van der Waals surface area contributed by atoms with Crippen molar-refractivity contribution in [3.63, 3.8) is 0 Å². The molecule has 1 saturated heterocycles. The van der Waals surface area contributed by atoms with Crippen molar-refractivity contribution in [1.29, 1.82) is 0 Å². The highest BCUT2D eigenvalue weighted by molar-refractivity contribution is 4.78. The molecule has 0 aliphatic carbocycles. The van der Waals surface area contributed by atoms with Crippen LogP contribution >= 0.6 is 0 Å². The van der Waals surface area contributed by atoms with Gasteiger partial charge in [0.25, 0.3) is 0 Å². The van der Waals surface area contributed by atoms with Crippen LogP contribution in [0.1, 0.15) is 13.8 Å². The standard InChI is InChI=1S/C9H21N2/c1-8-9(2)11(8,5)7-6-10(3)4/h8-9H,6-7H2,1-5H3/q+1/t8-,9?,11?/m0/s1. The number of rotatable bonds is 3. The first-order valence-corrected chi connectivity index (χ1v) is 4.48. The Morgan fingerprint density at radius 1 is 1.18 bits per heavy atom. The van der Waals surface area contributed by atoms with Crippen molar-refractivity contribution in [2.45, 2.75) is 25.9 Å². The van der Waals surface area contributed by atoms with Crippen LogP contribution in [0, 0.1) is 0 Å². The van der Waals surface area contributed by atoms with Crippen molar-refractivity contribution in [2.75, 3.05) is 34.2 Å². The summed E-state index contributed by atoms with van der Waals surface area (Å²) in [6.07, 6.45) is 0. The van der Waals surface area contributed by atoms with Crippen LogP contribution < -0.4 is 0 Å². The zero-order valence-electron chi connectivity index (χ0n) is 8.46. The average Bonchev–Trinajstić information content (AvgIpc) is 2.38. The zero-order chi connectivity index (χ0) is 8.65. The fourth-order valence-electron chi connectivity index (χ4n) is 1.77. The van der Waals surface area contributed by atoms with Gasteiger partial charge in [-0.25, -0.2) is 0 Å². The summed E-state index contributed by atoms with van der Waals surface area (Å²) in [5.41, 5.74) is 0. The molecule has 0 aromatic carbocycles. The molecule has 2 heteroatoms. The molecule has 0 spiro atoms. The first-order chi connectivity index (χ1) is 4.98. The molecule has 0 radical (unpaired) electrons. The fourth-order valence-corrected chi connectivity index (χ4v) is 1.77. The smallest absolute Gasteiger partial charge is 0.139 e. The Bertz CT molecular complexity index is 134. The predicted octanol–water partition coefficient (Wildman–Crippen LogP) is 0.785. The molecule has 0 aromatic rings. The van der Waals surface area contributed by atoms with Gasteiger partial charge in [0.2, 0.25) is 0 Å². The number of likely N-dealkylation sites (N-methyl/N-ethyl adjacent to an activating group) is 2. The lowest BCUT2D eigenvalue weighted by molar-refractivity contribution is -0.802. The van der Waals surface area contributed by atoms with Gasteiger partial charge < -0.3 is 9.38 Å². The molecule has 11 heavy (non-hydrogen) atoms. The summed E-state index contributed by atoms with van der Waals surface area (Å²) in [6.45, 7) is 7.21. The molecule has 0 aromatic heterocycles. The number of nitrogens with zero attached hydrogens (tertiary/aromatic N) is 2. The third-order valence-corrected chi connectivity index (χ3v) is 3.50. The maximum Gasteiger partial charge on any atom is 0.139 e. The monoisotopic (exact) mass is 157 g/mol. The molecule has 1 rings (SSSR count). The van der Waals surface area contributed by atoms with Crippen LogP contribution in [-0.4, -0.2) is 55.7 Å². The molecule has 0 amide bonds. The Balaban J connectivity index is 2.28. The summed E-state index contributed by atoms with van der Waals surface area (Å²) in [7, 11) is 6.65. The highest BCUT2D eigenvalue weighted by Gasteiger charge is 2.56. The minimum absolute atomic E-state index is 0.884. The van der Waals surface area contributed by atoms with E-state index in [0.717, 1.165) is 12.1 Å². The van der Waals surface area contributed by atoms with Gasteiger partial charge in [0, 0.05) is 6.54 Å². The van der Waals surface area contributed by atoms with Crippen molar-refractivity contribution < 1.29 is 4.48 Å². The van der Waals surface area contributed by atoms with Crippen molar-refractivity contribution in [1.82, 2.24) is 4.90 Å². The molecule has 0 bridgehead atoms. The van der Waals surface area contributed by atoms with Gasteiger partial charge in [0.05, 0.1) is 13.6 Å². The maximum absolute atomic E-state index is 2.36. The summed E-state index contributed by atoms with van der Waals surface area (Å²) in [4.78, 5) is 2.27. The topological polar surface area (TPSA) is 3.24 Å². The minimum atomic E-state index is 0.884. The Morgan fingerprint density at radius 2 is 1.64 bits per heavy atom. The van der Waals surface area contributed by atoms with E-state index in [1.165, 1.54) is 17.6 Å². The van der Waals surface area contributed by atoms with E-state index >= 15 is 0 Å². The Labute approximate surface area is 70.4 Å². The molecule has 1 heterocycles. The van der Waals surface area contributed by atoms with Crippen LogP contribution in [0.2, 0.25) is 0 Å². The molecule has 66 valence electrons. The lowest BCUT2D eigenvalue weighted by atomic mass is 10.4. The van der Waals surface area contributed by atoms with Gasteiger partial charge in [-0.05, 0) is 27.9 Å². The van der Waals surface area contributed by atoms with Crippen molar-refractivity contribution in [3.8, 4) is 0 Å². The van der Waals surface area contributed by atoms with Gasteiger partial charge in [0.1, 0.15) is 12.1 Å². The third-order valence-electron chi connectivity index (χ3n) is 3.50. The van der Waals surface area contributed by atoms with Gasteiger partial charge >= 0.3 is 0 Å². The lowest BCUT2D eigenvalue weighted by Crippen LogP contribution is -2.33. The van der Waals surface area contributed by atoms with Crippen molar-refractivity contribution in [2.24, 2.45) is 0 Å². The van der Waals surface area contributed by atoms with E-state index in [4.69, 9.17) is 0 Å². The first-order valence-electron chi connectivity index (χ1n) is 4.48. The maximum atomic E-state index is 2.36. The van der Waals surface area contributed by atoms with Crippen LogP contribution in [0.4, 0.5) is 0 Å². The Kier molecular flexibility index (Phi) is 2.26. The molecule has 2 unspecified atom stereocenters. The van der Waals surface area contributed by atoms with Crippen LogP contribution in [0.3, 0.4) is 0 Å². The number of hydrogen-bond acceptors (Lipinski definition) is 1. The molecule has 0 N–H and O–H groups in total. The van der Waals surface area contributed by atoms with Crippen LogP contribution in [0.15, 0.2) is 0 Å². The van der Waals surface area contributed by atoms with Gasteiger partial charge in [-0.2, -0.15) is 0 Å². The van der Waals surface area contributed by atoms with E-state index in [0.29, 0.717) is 0 Å². The molecule has 1 fully saturated rings. The zero-order valence-corrected chi connectivity index (χ0v) is 8.46. The summed E-state index contributed by atoms with van der Waals surface area (Å²) >= 11 is 0. The minimum Gasteiger partial charge on any atom is -0.311 e. The second-order valence-corrected chi connectivity index (χ2v) is 4.35. The van der Waals surface area contributed by atoms with E-state index in [2.05, 4.69) is 39.9 Å². The molecule has 3 atom stereocenters. The Morgan fingerprint density at radius 3 is 1.91 bits per heavy atom. The number of hydrogen-bond donors (Lipinski definition) is 0. The van der Waals surface area contributed by atoms with Gasteiger partial charge in [-0.1, -0.05) is 0 Å². The molecule has 1 aliphatic rings. The van der Waals surface area contributed by atoms with Crippen LogP contribution in [-0.2, 0) is 0 Å². The predicted molar refractivity (Wildman–Crippen MR) is 48.5 cm³/mol. The SMILES string of the molecule is CC1[C@H](C)[N+]1(C)CCN(C)C. The second kappa shape index (κ2) is 2.76. The quantitative estimate of drug-likeness (QED) is 0.432. The molecular weight excluding hydrogens is 136 g/mol. The summed E-state index contributed by atoms with van der Waals surface area (Å²) in [5, 5.41) is 0. The van der Waals surface area contributed by atoms with E-state index < -0.39 is 0 Å².